The Morgan fingerprint density at radius 2 is 1.75 bits per heavy atom. The predicted octanol–water partition coefficient (Wildman–Crippen LogP) is 2.79. The van der Waals surface area contributed by atoms with E-state index in [1.807, 2.05) is 11.0 Å². The highest BCUT2D eigenvalue weighted by molar-refractivity contribution is 5.89. The summed E-state index contributed by atoms with van der Waals surface area (Å²) in [5, 5.41) is 3.10. The highest BCUT2D eigenvalue weighted by Gasteiger charge is 2.41. The molecule has 5 heteroatoms. The Hall–Kier alpha value is -1.88. The van der Waals surface area contributed by atoms with Crippen molar-refractivity contribution in [2.75, 3.05) is 19.6 Å². The lowest BCUT2D eigenvalue weighted by molar-refractivity contribution is -0.129. The second kappa shape index (κ2) is 8.24. The van der Waals surface area contributed by atoms with Gasteiger partial charge in [0.25, 0.3) is 0 Å². The summed E-state index contributed by atoms with van der Waals surface area (Å²) in [7, 11) is 0. The molecule has 1 aromatic carbocycles. The van der Waals surface area contributed by atoms with Gasteiger partial charge in [-0.3, -0.25) is 14.5 Å². The van der Waals surface area contributed by atoms with Crippen LogP contribution in [0.25, 0.3) is 0 Å². The molecule has 3 fully saturated rings. The van der Waals surface area contributed by atoms with E-state index in [0.29, 0.717) is 25.6 Å². The van der Waals surface area contributed by atoms with E-state index in [1.54, 1.807) is 0 Å². The Morgan fingerprint density at radius 1 is 1.07 bits per heavy atom. The zero-order valence-electron chi connectivity index (χ0n) is 17.2. The van der Waals surface area contributed by atoms with Crippen molar-refractivity contribution in [3.05, 3.63) is 35.4 Å². The maximum Gasteiger partial charge on any atom is 0.225 e. The zero-order valence-corrected chi connectivity index (χ0v) is 17.2. The summed E-state index contributed by atoms with van der Waals surface area (Å²) in [5.74, 6) is 1.46. The summed E-state index contributed by atoms with van der Waals surface area (Å²) in [6.45, 7) is 9.05. The maximum absolute atomic E-state index is 12.6. The van der Waals surface area contributed by atoms with Crippen molar-refractivity contribution >= 4 is 11.8 Å². The Morgan fingerprint density at radius 3 is 2.43 bits per heavy atom. The molecule has 152 valence electrons. The van der Waals surface area contributed by atoms with Gasteiger partial charge in [0.15, 0.2) is 0 Å². The molecular weight excluding hydrogens is 350 g/mol. The first-order valence-electron chi connectivity index (χ1n) is 10.9. The van der Waals surface area contributed by atoms with Crippen molar-refractivity contribution in [2.45, 2.75) is 58.7 Å². The van der Waals surface area contributed by atoms with Gasteiger partial charge in [-0.1, -0.05) is 38.1 Å². The number of piperidine rings is 1. The SMILES string of the molecule is C[C@@H]1C[C@@H](C)CN(Cc2ccccc2CNC(=O)[C@@H]2CC(=O)N(C3CC3)C2)C1. The molecule has 1 aliphatic carbocycles. The van der Waals surface area contributed by atoms with Crippen molar-refractivity contribution < 1.29 is 9.59 Å². The molecule has 2 heterocycles. The molecular formula is C23H33N3O2. The summed E-state index contributed by atoms with van der Waals surface area (Å²) < 4.78 is 0. The number of benzene rings is 1. The van der Waals surface area contributed by atoms with E-state index in [9.17, 15) is 9.59 Å². The van der Waals surface area contributed by atoms with Crippen LogP contribution in [0, 0.1) is 17.8 Å². The maximum atomic E-state index is 12.6. The minimum absolute atomic E-state index is 0.0199. The van der Waals surface area contributed by atoms with Crippen molar-refractivity contribution in [3.63, 3.8) is 0 Å². The van der Waals surface area contributed by atoms with Crippen molar-refractivity contribution in [3.8, 4) is 0 Å². The topological polar surface area (TPSA) is 52.7 Å². The molecule has 0 aromatic heterocycles. The van der Waals surface area contributed by atoms with Gasteiger partial charge >= 0.3 is 0 Å². The second-order valence-electron chi connectivity index (χ2n) is 9.30. The fraction of sp³-hybridized carbons (Fsp3) is 0.652. The highest BCUT2D eigenvalue weighted by Crippen LogP contribution is 2.32. The van der Waals surface area contributed by atoms with Crippen LogP contribution in [0.15, 0.2) is 24.3 Å². The number of carbonyl (C=O) groups is 2. The first-order valence-corrected chi connectivity index (χ1v) is 10.9. The summed E-state index contributed by atoms with van der Waals surface area (Å²) in [4.78, 5) is 29.2. The molecule has 5 nitrogen and oxygen atoms in total. The molecule has 3 atom stereocenters. The number of hydrogen-bond donors (Lipinski definition) is 1. The standard InChI is InChI=1S/C23H33N3O2/c1-16-9-17(2)13-25(12-16)14-19-6-4-3-5-18(19)11-24-23(28)20-10-22(27)26(15-20)21-7-8-21/h3-6,16-17,20-21H,7-15H2,1-2H3,(H,24,28)/t16-,17-,20-/m1/s1. The molecule has 2 saturated heterocycles. The molecule has 4 rings (SSSR count). The molecule has 0 radical (unpaired) electrons. The van der Waals surface area contributed by atoms with Gasteiger partial charge in [0.05, 0.1) is 5.92 Å². The van der Waals surface area contributed by atoms with E-state index in [2.05, 4.69) is 42.3 Å². The van der Waals surface area contributed by atoms with Crippen LogP contribution in [-0.2, 0) is 22.7 Å². The van der Waals surface area contributed by atoms with Gasteiger partial charge in [-0.05, 0) is 42.2 Å². The highest BCUT2D eigenvalue weighted by atomic mass is 16.2. The van der Waals surface area contributed by atoms with Crippen LogP contribution in [0.1, 0.15) is 50.7 Å². The number of likely N-dealkylation sites (tertiary alicyclic amines) is 2. The quantitative estimate of drug-likeness (QED) is 0.822. The van der Waals surface area contributed by atoms with Gasteiger partial charge in [0.2, 0.25) is 11.8 Å². The zero-order chi connectivity index (χ0) is 19.7. The number of nitrogens with zero attached hydrogens (tertiary/aromatic N) is 2. The van der Waals surface area contributed by atoms with E-state index in [-0.39, 0.29) is 17.7 Å². The fourth-order valence-electron chi connectivity index (χ4n) is 5.02. The molecule has 2 aliphatic heterocycles. The summed E-state index contributed by atoms with van der Waals surface area (Å²) in [5.41, 5.74) is 2.48. The smallest absolute Gasteiger partial charge is 0.225 e. The third-order valence-corrected chi connectivity index (χ3v) is 6.43. The van der Waals surface area contributed by atoms with Crippen LogP contribution >= 0.6 is 0 Å². The molecule has 2 amide bonds. The third kappa shape index (κ3) is 4.57. The third-order valence-electron chi connectivity index (χ3n) is 6.43. The number of hydrogen-bond acceptors (Lipinski definition) is 3. The summed E-state index contributed by atoms with van der Waals surface area (Å²) >= 11 is 0. The van der Waals surface area contributed by atoms with Crippen molar-refractivity contribution in [2.24, 2.45) is 17.8 Å². The number of amides is 2. The van der Waals surface area contributed by atoms with Crippen LogP contribution in [-0.4, -0.2) is 47.3 Å². The van der Waals surface area contributed by atoms with E-state index in [1.165, 1.54) is 17.5 Å². The average Bonchev–Trinajstić information content (AvgIpc) is 3.41. The first-order chi connectivity index (χ1) is 13.5. The van der Waals surface area contributed by atoms with Crippen LogP contribution in [0.5, 0.6) is 0 Å². The summed E-state index contributed by atoms with van der Waals surface area (Å²) in [6.07, 6.45) is 3.88. The molecule has 1 aromatic rings. The minimum Gasteiger partial charge on any atom is -0.352 e. The monoisotopic (exact) mass is 383 g/mol. The molecule has 0 spiro atoms. The predicted molar refractivity (Wildman–Crippen MR) is 109 cm³/mol. The van der Waals surface area contributed by atoms with Gasteiger partial charge < -0.3 is 10.2 Å². The van der Waals surface area contributed by atoms with Crippen molar-refractivity contribution in [1.29, 1.82) is 0 Å². The lowest BCUT2D eigenvalue weighted by atomic mass is 9.91. The van der Waals surface area contributed by atoms with Gasteiger partial charge in [0.1, 0.15) is 0 Å². The molecule has 3 aliphatic rings. The van der Waals surface area contributed by atoms with Gasteiger partial charge in [-0.25, -0.2) is 0 Å². The van der Waals surface area contributed by atoms with Crippen LogP contribution < -0.4 is 5.32 Å². The molecule has 0 unspecified atom stereocenters. The van der Waals surface area contributed by atoms with E-state index < -0.39 is 0 Å². The number of nitrogens with one attached hydrogen (secondary N) is 1. The first kappa shape index (κ1) is 19.4. The largest absolute Gasteiger partial charge is 0.352 e. The lowest BCUT2D eigenvalue weighted by Crippen LogP contribution is -2.38. The molecule has 1 N–H and O–H groups in total. The lowest BCUT2D eigenvalue weighted by Gasteiger charge is -2.35. The van der Waals surface area contributed by atoms with Crippen molar-refractivity contribution in [1.82, 2.24) is 15.1 Å². The second-order valence-corrected chi connectivity index (χ2v) is 9.30. The van der Waals surface area contributed by atoms with Gasteiger partial charge in [0, 0.05) is 45.2 Å². The number of carbonyl (C=O) groups excluding carboxylic acids is 2. The average molecular weight is 384 g/mol. The Labute approximate surface area is 168 Å². The van der Waals surface area contributed by atoms with E-state index >= 15 is 0 Å². The van der Waals surface area contributed by atoms with E-state index in [0.717, 1.165) is 44.3 Å². The van der Waals surface area contributed by atoms with Gasteiger partial charge in [-0.2, -0.15) is 0 Å². The molecule has 28 heavy (non-hydrogen) atoms. The fourth-order valence-corrected chi connectivity index (χ4v) is 5.02. The number of rotatable bonds is 6. The Bertz CT molecular complexity index is 720. The van der Waals surface area contributed by atoms with Gasteiger partial charge in [-0.15, -0.1) is 0 Å². The summed E-state index contributed by atoms with van der Waals surface area (Å²) in [6, 6.07) is 8.82. The van der Waals surface area contributed by atoms with Crippen LogP contribution in [0.3, 0.4) is 0 Å². The normalized spacial score (nSPS) is 28.6. The van der Waals surface area contributed by atoms with Crippen LogP contribution in [0.2, 0.25) is 0 Å². The van der Waals surface area contributed by atoms with Crippen LogP contribution in [0.4, 0.5) is 0 Å². The Kier molecular flexibility index (Phi) is 5.72. The Balaban J connectivity index is 1.33. The molecule has 0 bridgehead atoms. The minimum atomic E-state index is -0.191. The molecule has 1 saturated carbocycles. The van der Waals surface area contributed by atoms with E-state index in [4.69, 9.17) is 0 Å².